The first-order valence-corrected chi connectivity index (χ1v) is 10.1. The molecule has 6 heteroatoms. The second kappa shape index (κ2) is 8.76. The Hall–Kier alpha value is -3.69. The normalized spacial score (nSPS) is 10.9. The van der Waals surface area contributed by atoms with E-state index in [4.69, 9.17) is 5.26 Å². The third kappa shape index (κ3) is 4.17. The molecule has 0 spiro atoms. The molecule has 0 bridgehead atoms. The Kier molecular flexibility index (Phi) is 5.73. The molecule has 0 unspecified atom stereocenters. The molecular formula is C24H17BrN4O. The van der Waals surface area contributed by atoms with E-state index in [9.17, 15) is 4.79 Å². The van der Waals surface area contributed by atoms with Gasteiger partial charge in [-0.15, -0.1) is 0 Å². The molecule has 0 aliphatic rings. The summed E-state index contributed by atoms with van der Waals surface area (Å²) in [5, 5.41) is 14.2. The van der Waals surface area contributed by atoms with Gasteiger partial charge >= 0.3 is 0 Å². The summed E-state index contributed by atoms with van der Waals surface area (Å²) in [5.74, 6) is -0.278. The van der Waals surface area contributed by atoms with Gasteiger partial charge in [-0.2, -0.15) is 10.4 Å². The molecule has 4 rings (SSSR count). The van der Waals surface area contributed by atoms with E-state index in [1.807, 2.05) is 60.8 Å². The lowest BCUT2D eigenvalue weighted by Gasteiger charge is -2.05. The summed E-state index contributed by atoms with van der Waals surface area (Å²) >= 11 is 3.38. The highest BCUT2D eigenvalue weighted by Gasteiger charge is 2.09. The van der Waals surface area contributed by atoms with Gasteiger partial charge in [0.05, 0.1) is 23.4 Å². The van der Waals surface area contributed by atoms with E-state index in [0.717, 1.165) is 26.5 Å². The van der Waals surface area contributed by atoms with Crippen LogP contribution in [0.1, 0.15) is 27.0 Å². The molecule has 1 amide bonds. The molecule has 1 aromatic heterocycles. The molecule has 0 saturated heterocycles. The summed E-state index contributed by atoms with van der Waals surface area (Å²) in [6.07, 6.45) is 3.67. The van der Waals surface area contributed by atoms with Gasteiger partial charge in [-0.1, -0.05) is 42.5 Å². The SMILES string of the molecule is N#Cc1ccc(Cn2cc(/C=N\NC(=O)c3ccccc3Br)c3ccccc32)cc1. The largest absolute Gasteiger partial charge is 0.342 e. The number of hydrogen-bond donors (Lipinski definition) is 1. The second-order valence-electron chi connectivity index (χ2n) is 6.72. The minimum Gasteiger partial charge on any atom is -0.342 e. The molecule has 0 aliphatic heterocycles. The van der Waals surface area contributed by atoms with Gasteiger partial charge in [0.25, 0.3) is 5.91 Å². The number of nitrogens with zero attached hydrogens (tertiary/aromatic N) is 3. The number of benzene rings is 3. The van der Waals surface area contributed by atoms with Crippen molar-refractivity contribution in [2.75, 3.05) is 0 Å². The number of carbonyl (C=O) groups is 1. The maximum Gasteiger partial charge on any atom is 0.272 e. The minimum atomic E-state index is -0.278. The van der Waals surface area contributed by atoms with Crippen LogP contribution in [0.25, 0.3) is 10.9 Å². The van der Waals surface area contributed by atoms with Crippen LogP contribution in [-0.2, 0) is 6.54 Å². The number of carbonyl (C=O) groups excluding carboxylic acids is 1. The van der Waals surface area contributed by atoms with Gasteiger partial charge in [0.15, 0.2) is 0 Å². The molecule has 1 N–H and O–H groups in total. The Morgan fingerprint density at radius 1 is 1.07 bits per heavy atom. The Bertz CT molecular complexity index is 1280. The molecule has 3 aromatic carbocycles. The number of amides is 1. The number of hydrazone groups is 1. The maximum absolute atomic E-state index is 12.3. The summed E-state index contributed by atoms with van der Waals surface area (Å²) < 4.78 is 2.85. The number of hydrogen-bond acceptors (Lipinski definition) is 3. The highest BCUT2D eigenvalue weighted by molar-refractivity contribution is 9.10. The van der Waals surface area contributed by atoms with E-state index in [2.05, 4.69) is 43.2 Å². The van der Waals surface area contributed by atoms with Gasteiger partial charge in [-0.3, -0.25) is 4.79 Å². The van der Waals surface area contributed by atoms with Crippen molar-refractivity contribution >= 4 is 39.0 Å². The number of fused-ring (bicyclic) bond motifs is 1. The third-order valence-corrected chi connectivity index (χ3v) is 5.44. The van der Waals surface area contributed by atoms with Crippen LogP contribution >= 0.6 is 15.9 Å². The predicted molar refractivity (Wildman–Crippen MR) is 121 cm³/mol. The van der Waals surface area contributed by atoms with Crippen molar-refractivity contribution in [3.05, 3.63) is 106 Å². The van der Waals surface area contributed by atoms with Crippen molar-refractivity contribution in [1.82, 2.24) is 9.99 Å². The van der Waals surface area contributed by atoms with E-state index < -0.39 is 0 Å². The van der Waals surface area contributed by atoms with Gasteiger partial charge in [0.2, 0.25) is 0 Å². The van der Waals surface area contributed by atoms with Crippen molar-refractivity contribution in [2.45, 2.75) is 6.54 Å². The van der Waals surface area contributed by atoms with Crippen LogP contribution in [0, 0.1) is 11.3 Å². The van der Waals surface area contributed by atoms with Crippen LogP contribution in [0.15, 0.2) is 88.6 Å². The van der Waals surface area contributed by atoms with Crippen LogP contribution in [0.3, 0.4) is 0 Å². The standard InChI is InChI=1S/C24H17BrN4O/c25-22-7-3-1-6-21(22)24(30)28-27-14-19-16-29(23-8-4-2-5-20(19)23)15-18-11-9-17(13-26)10-12-18/h1-12,14,16H,15H2,(H,28,30)/b27-14-. The first-order valence-electron chi connectivity index (χ1n) is 9.30. The fourth-order valence-electron chi connectivity index (χ4n) is 3.26. The molecule has 0 saturated carbocycles. The lowest BCUT2D eigenvalue weighted by atomic mass is 10.1. The molecule has 0 atom stereocenters. The Morgan fingerprint density at radius 2 is 1.80 bits per heavy atom. The van der Waals surface area contributed by atoms with Gasteiger partial charge in [0, 0.05) is 33.7 Å². The smallest absolute Gasteiger partial charge is 0.272 e. The quantitative estimate of drug-likeness (QED) is 0.335. The molecule has 1 heterocycles. The summed E-state index contributed by atoms with van der Waals surface area (Å²) in [6.45, 7) is 0.670. The third-order valence-electron chi connectivity index (χ3n) is 4.74. The summed E-state index contributed by atoms with van der Waals surface area (Å²) in [5.41, 5.74) is 6.83. The first kappa shape index (κ1) is 19.6. The summed E-state index contributed by atoms with van der Waals surface area (Å²) in [7, 11) is 0. The zero-order chi connectivity index (χ0) is 20.9. The Balaban J connectivity index is 1.57. The number of aromatic nitrogens is 1. The lowest BCUT2D eigenvalue weighted by Crippen LogP contribution is -2.18. The van der Waals surface area contributed by atoms with Crippen LogP contribution in [0.4, 0.5) is 0 Å². The van der Waals surface area contributed by atoms with E-state index in [1.165, 1.54) is 0 Å². The Morgan fingerprint density at radius 3 is 2.57 bits per heavy atom. The van der Waals surface area contributed by atoms with Crippen LogP contribution in [0.5, 0.6) is 0 Å². The highest BCUT2D eigenvalue weighted by atomic mass is 79.9. The van der Waals surface area contributed by atoms with Crippen LogP contribution < -0.4 is 5.43 Å². The minimum absolute atomic E-state index is 0.278. The van der Waals surface area contributed by atoms with Gasteiger partial charge in [-0.05, 0) is 51.8 Å². The molecule has 30 heavy (non-hydrogen) atoms. The first-order chi connectivity index (χ1) is 14.7. The topological polar surface area (TPSA) is 70.2 Å². The number of para-hydroxylation sites is 1. The molecule has 4 aromatic rings. The fourth-order valence-corrected chi connectivity index (χ4v) is 3.72. The highest BCUT2D eigenvalue weighted by Crippen LogP contribution is 2.21. The van der Waals surface area contributed by atoms with E-state index in [1.54, 1.807) is 18.3 Å². The summed E-state index contributed by atoms with van der Waals surface area (Å²) in [6, 6.07) is 25.0. The van der Waals surface area contributed by atoms with E-state index in [-0.39, 0.29) is 5.91 Å². The number of nitriles is 1. The molecule has 0 aliphatic carbocycles. The monoisotopic (exact) mass is 456 g/mol. The molecular weight excluding hydrogens is 440 g/mol. The molecule has 146 valence electrons. The van der Waals surface area contributed by atoms with Crippen LogP contribution in [-0.4, -0.2) is 16.7 Å². The maximum atomic E-state index is 12.3. The van der Waals surface area contributed by atoms with Crippen molar-refractivity contribution in [3.63, 3.8) is 0 Å². The van der Waals surface area contributed by atoms with Crippen LogP contribution in [0.2, 0.25) is 0 Å². The fraction of sp³-hybridized carbons (Fsp3) is 0.0417. The lowest BCUT2D eigenvalue weighted by molar-refractivity contribution is 0.0954. The average Bonchev–Trinajstić information content (AvgIpc) is 3.12. The number of rotatable bonds is 5. The average molecular weight is 457 g/mol. The van der Waals surface area contributed by atoms with Gasteiger partial charge < -0.3 is 4.57 Å². The zero-order valence-electron chi connectivity index (χ0n) is 15.9. The van der Waals surface area contributed by atoms with Crippen molar-refractivity contribution < 1.29 is 4.79 Å². The van der Waals surface area contributed by atoms with Crippen molar-refractivity contribution in [3.8, 4) is 6.07 Å². The molecule has 0 fully saturated rings. The molecule has 5 nitrogen and oxygen atoms in total. The van der Waals surface area contributed by atoms with Gasteiger partial charge in [-0.25, -0.2) is 5.43 Å². The second-order valence-corrected chi connectivity index (χ2v) is 7.57. The van der Waals surface area contributed by atoms with E-state index in [0.29, 0.717) is 17.7 Å². The van der Waals surface area contributed by atoms with E-state index >= 15 is 0 Å². The molecule has 0 radical (unpaired) electrons. The van der Waals surface area contributed by atoms with Crippen molar-refractivity contribution in [2.24, 2.45) is 5.10 Å². The predicted octanol–water partition coefficient (Wildman–Crippen LogP) is 5.09. The number of nitrogens with one attached hydrogen (secondary N) is 1. The van der Waals surface area contributed by atoms with Gasteiger partial charge in [0.1, 0.15) is 0 Å². The number of halogens is 1. The zero-order valence-corrected chi connectivity index (χ0v) is 17.5. The van der Waals surface area contributed by atoms with Crippen molar-refractivity contribution in [1.29, 1.82) is 5.26 Å². The Labute approximate surface area is 182 Å². The summed E-state index contributed by atoms with van der Waals surface area (Å²) in [4.78, 5) is 12.3.